The number of ketones is 1. The van der Waals surface area contributed by atoms with Crippen molar-refractivity contribution in [2.24, 2.45) is 11.8 Å². The minimum absolute atomic E-state index is 0.0243. The Morgan fingerprint density at radius 3 is 1.96 bits per heavy atom. The first-order valence-electron chi connectivity index (χ1n) is 30.0. The normalized spacial score (nSPS) is 21.8. The van der Waals surface area contributed by atoms with E-state index in [9.17, 15) is 77.4 Å². The van der Waals surface area contributed by atoms with Gasteiger partial charge in [-0.05, 0) is 48.6 Å². The molecular formula is C60H92N12O16S. The molecule has 89 heavy (non-hydrogen) atoms. The summed E-state index contributed by atoms with van der Waals surface area (Å²) in [7, 11) is -2.19. The third-order valence-electron chi connectivity index (χ3n) is 14.5. The molecule has 3 aromatic rings. The second-order valence-electron chi connectivity index (χ2n) is 22.1. The van der Waals surface area contributed by atoms with Crippen molar-refractivity contribution in [3.05, 3.63) is 59.2 Å². The van der Waals surface area contributed by atoms with Crippen molar-refractivity contribution in [1.82, 2.24) is 63.1 Å². The summed E-state index contributed by atoms with van der Waals surface area (Å²) in [6, 6.07) is 1.84. The highest BCUT2D eigenvalue weighted by Crippen LogP contribution is 2.28. The molecule has 1 aromatic heterocycles. The van der Waals surface area contributed by atoms with Crippen molar-refractivity contribution in [3.63, 3.8) is 0 Å². The molecule has 494 valence electrons. The number of nitrogens with one attached hydrogen (secondary N) is 11. The minimum atomic E-state index is -2.19. The van der Waals surface area contributed by atoms with Gasteiger partial charge in [-0.1, -0.05) is 99.4 Å². The van der Waals surface area contributed by atoms with Gasteiger partial charge in [0.15, 0.2) is 5.78 Å². The molecule has 2 aromatic carbocycles. The number of phenolic OH excluding ortho intramolecular Hbond substituents is 1. The lowest BCUT2D eigenvalue weighted by Gasteiger charge is -2.32. The number of Topliss-reactive ketones (excluding diaryl/α,β-unsaturated/α-hetero) is 1. The van der Waals surface area contributed by atoms with Gasteiger partial charge in [-0.25, -0.2) is 0 Å². The maximum absolute atomic E-state index is 14.9. The maximum Gasteiger partial charge on any atom is 0.246 e. The topological polar surface area (TPSA) is 425 Å². The summed E-state index contributed by atoms with van der Waals surface area (Å²) in [6.07, 6.45) is -2.76. The summed E-state index contributed by atoms with van der Waals surface area (Å²) in [5, 5.41) is 67.5. The number of aromatic hydroxyl groups is 1. The van der Waals surface area contributed by atoms with Crippen molar-refractivity contribution >= 4 is 86.6 Å². The number of hydrogen-bond donors (Lipinski definition) is 15. The second-order valence-corrected chi connectivity index (χ2v) is 23.5. The van der Waals surface area contributed by atoms with Crippen LogP contribution in [0, 0.1) is 18.8 Å². The van der Waals surface area contributed by atoms with Crippen LogP contribution in [0.4, 0.5) is 0 Å². The molecule has 8 unspecified atom stereocenters. The number of aliphatic hydroxyl groups excluding tert-OH is 3. The Hall–Kier alpha value is -7.86. The molecule has 28 nitrogen and oxygen atoms in total. The van der Waals surface area contributed by atoms with Crippen LogP contribution in [-0.2, 0) is 76.5 Å². The average molecular weight is 1270 g/mol. The van der Waals surface area contributed by atoms with Gasteiger partial charge in [-0.3, -0.25) is 56.9 Å². The van der Waals surface area contributed by atoms with Crippen molar-refractivity contribution < 1.29 is 77.4 Å². The molecule has 2 fully saturated rings. The Morgan fingerprint density at radius 2 is 1.34 bits per heavy atom. The van der Waals surface area contributed by atoms with Gasteiger partial charge in [0.25, 0.3) is 0 Å². The zero-order valence-corrected chi connectivity index (χ0v) is 53.4. The van der Waals surface area contributed by atoms with E-state index in [2.05, 4.69) is 72.0 Å². The van der Waals surface area contributed by atoms with Gasteiger partial charge < -0.3 is 83.5 Å². The number of nitrogens with zero attached hydrogens (tertiary/aromatic N) is 1. The molecule has 0 bridgehead atoms. The molecular weight excluding hydrogens is 1180 g/mol. The van der Waals surface area contributed by atoms with Crippen LogP contribution < -0.4 is 53.2 Å². The van der Waals surface area contributed by atoms with E-state index < -0.39 is 176 Å². The molecule has 5 rings (SSSR count). The highest BCUT2D eigenvalue weighted by Gasteiger charge is 2.44. The number of aryl methyl sites for hydroxylation is 1. The Balaban J connectivity index is 0.00000401. The lowest BCUT2D eigenvalue weighted by atomic mass is 9.94. The first-order valence-corrected chi connectivity index (χ1v) is 31.3. The Morgan fingerprint density at radius 1 is 0.742 bits per heavy atom. The smallest absolute Gasteiger partial charge is 0.246 e. The van der Waals surface area contributed by atoms with E-state index in [1.54, 1.807) is 58.0 Å². The number of amides is 10. The first-order chi connectivity index (χ1) is 42.1. The number of aromatic amines is 1. The molecule has 15 N–H and O–H groups in total. The molecule has 11 atom stereocenters. The zero-order chi connectivity index (χ0) is 66.8. The molecule has 0 saturated carbocycles. The van der Waals surface area contributed by atoms with Gasteiger partial charge in [0.1, 0.15) is 41.0 Å². The standard InChI is InChI=1S/C55H78N12O16S.C3H8.C2H6/c1-8-28(4)48-52(80)60-23-46(76)62-39(26-84(83)54-29(5)36-14-13-34(69)16-37(36)64-54)50(78)63-38(18-43(73)57-19-33-11-9-32(10-12-33)15-41(71)31(7)61-45(75)21-56-27(2)3)55(82)67-24-35(70)17-40(67)51(79)66-49(30(6)42(72)25-68)53(81)59-20-44(74)58-22-47(77)65-48;1-3-2;1-2/h9-14,16,27-28,30-31,35,38-40,42,48-49,56,64,68-70,72H,8,15,17-26H2,1-7H3,(H,57,73)(H,58,74)(H,59,81)(H,60,80)(H,61,75)(H,62,76)(H,63,78)(H,65,77)(H,66,79);3H2,1-2H3;1-2H3/t28?,30-,31?,35+,38?,39-,40?,42?,48?,49?,84?;;/m0../s1. The Labute approximate surface area is 521 Å². The van der Waals surface area contributed by atoms with Gasteiger partial charge in [0, 0.05) is 49.3 Å². The van der Waals surface area contributed by atoms with E-state index in [0.29, 0.717) is 34.0 Å². The largest absolute Gasteiger partial charge is 0.508 e. The number of carbonyl (C=O) groups excluding carboxylic acids is 11. The third kappa shape index (κ3) is 23.6. The van der Waals surface area contributed by atoms with Crippen LogP contribution in [0.2, 0.25) is 0 Å². The Bertz CT molecular complexity index is 2960. The molecule has 0 aliphatic carbocycles. The Kier molecular flexibility index (Phi) is 31.5. The number of hydrogen-bond acceptors (Lipinski definition) is 17. The van der Waals surface area contributed by atoms with E-state index in [1.165, 1.54) is 25.5 Å². The highest BCUT2D eigenvalue weighted by molar-refractivity contribution is 7.85. The van der Waals surface area contributed by atoms with Gasteiger partial charge in [0.05, 0.1) is 79.5 Å². The number of benzene rings is 2. The SMILES string of the molecule is CC.CCC.CCC(C)C1NC(=O)CNC(=O)CNC(=O)C([C@@H](C)C(O)CO)NC(=O)C2C[C@@H](O)CN2C(=O)C(CC(=O)NCc2ccc(CC(=O)C(C)NC(=O)CNC(C)C)cc2)NC(=O)[C@H](CS(=O)c2[nH]c3cc(O)ccc3c2C)NC(=O)CNC1=O. The van der Waals surface area contributed by atoms with Crippen molar-refractivity contribution in [2.45, 2.75) is 174 Å². The number of H-pyrrole nitrogens is 1. The number of rotatable bonds is 19. The zero-order valence-electron chi connectivity index (χ0n) is 52.6. The van der Waals surface area contributed by atoms with Gasteiger partial charge >= 0.3 is 0 Å². The van der Waals surface area contributed by atoms with Crippen molar-refractivity contribution in [1.29, 1.82) is 0 Å². The van der Waals surface area contributed by atoms with Crippen LogP contribution in [0.3, 0.4) is 0 Å². The lowest BCUT2D eigenvalue weighted by Crippen LogP contribution is -2.61. The fraction of sp³-hybridized carbons (Fsp3) is 0.583. The summed E-state index contributed by atoms with van der Waals surface area (Å²) in [4.78, 5) is 154. The molecule has 2 saturated heterocycles. The molecule has 29 heteroatoms. The average Bonchev–Trinajstić information content (AvgIpc) is 1.77. The number of aliphatic hydroxyl groups is 3. The van der Waals surface area contributed by atoms with Crippen LogP contribution in [0.25, 0.3) is 10.9 Å². The predicted octanol–water partition coefficient (Wildman–Crippen LogP) is -1.65. The lowest BCUT2D eigenvalue weighted by molar-refractivity contribution is -0.144. The molecule has 0 radical (unpaired) electrons. The van der Waals surface area contributed by atoms with Crippen molar-refractivity contribution in [3.8, 4) is 5.75 Å². The van der Waals surface area contributed by atoms with Crippen LogP contribution in [0.15, 0.2) is 47.5 Å². The monoisotopic (exact) mass is 1270 g/mol. The van der Waals surface area contributed by atoms with Gasteiger partial charge in [-0.2, -0.15) is 0 Å². The quantitative estimate of drug-likeness (QED) is 0.0639. The maximum atomic E-state index is 14.9. The van der Waals surface area contributed by atoms with Crippen LogP contribution in [0.5, 0.6) is 5.75 Å². The van der Waals surface area contributed by atoms with E-state index in [4.69, 9.17) is 0 Å². The van der Waals surface area contributed by atoms with E-state index in [-0.39, 0.29) is 48.0 Å². The summed E-state index contributed by atoms with van der Waals surface area (Å²) in [5.74, 6) is -12.1. The first kappa shape index (κ1) is 75.4. The van der Waals surface area contributed by atoms with E-state index in [0.717, 1.165) is 4.90 Å². The van der Waals surface area contributed by atoms with Crippen LogP contribution in [-0.4, -0.2) is 199 Å². The van der Waals surface area contributed by atoms with E-state index >= 15 is 0 Å². The van der Waals surface area contributed by atoms with E-state index in [1.807, 2.05) is 27.7 Å². The minimum Gasteiger partial charge on any atom is -0.508 e. The molecule has 2 aliphatic heterocycles. The number of phenols is 1. The predicted molar refractivity (Wildman–Crippen MR) is 330 cm³/mol. The number of fused-ring (bicyclic) bond motifs is 2. The van der Waals surface area contributed by atoms with Gasteiger partial charge in [0.2, 0.25) is 59.1 Å². The van der Waals surface area contributed by atoms with Crippen molar-refractivity contribution in [2.75, 3.05) is 45.1 Å². The molecule has 3 heterocycles. The van der Waals surface area contributed by atoms with Gasteiger partial charge in [-0.15, -0.1) is 0 Å². The summed E-state index contributed by atoms with van der Waals surface area (Å²) < 4.78 is 14.3. The molecule has 10 amide bonds. The summed E-state index contributed by atoms with van der Waals surface area (Å²) in [5.41, 5.74) is 1.97. The third-order valence-corrected chi connectivity index (χ3v) is 16.0. The number of carbonyl (C=O) groups is 11. The number of aromatic nitrogens is 1. The second kappa shape index (κ2) is 37.2. The summed E-state index contributed by atoms with van der Waals surface area (Å²) in [6.45, 7) is 16.0. The van der Waals surface area contributed by atoms with Crippen LogP contribution >= 0.6 is 0 Å². The van der Waals surface area contributed by atoms with Crippen LogP contribution in [0.1, 0.15) is 112 Å². The molecule has 0 spiro atoms. The highest BCUT2D eigenvalue weighted by atomic mass is 32.2. The fourth-order valence-electron chi connectivity index (χ4n) is 9.22. The molecule has 2 aliphatic rings. The fourth-order valence-corrected chi connectivity index (χ4v) is 10.6. The summed E-state index contributed by atoms with van der Waals surface area (Å²) >= 11 is 0.